The lowest BCUT2D eigenvalue weighted by Gasteiger charge is -2.12. The first-order valence-electron chi connectivity index (χ1n) is 4.65. The second kappa shape index (κ2) is 4.68. The Bertz CT molecular complexity index is 387. The normalized spacial score (nSPS) is 12.6. The summed E-state index contributed by atoms with van der Waals surface area (Å²) in [6, 6.07) is 5.38. The summed E-state index contributed by atoms with van der Waals surface area (Å²) in [6.07, 6.45) is 5.64. The third-order valence-electron chi connectivity index (χ3n) is 2.08. The number of nitrogens with two attached hydrogens (primary N) is 1. The topological polar surface area (TPSA) is 77.0 Å². The third-order valence-corrected chi connectivity index (χ3v) is 2.08. The molecular formula is C10H12N4O. The molecule has 5 nitrogen and oxygen atoms in total. The van der Waals surface area contributed by atoms with Crippen molar-refractivity contribution in [2.75, 3.05) is 0 Å². The molecule has 0 fully saturated rings. The molecule has 1 unspecified atom stereocenters. The van der Waals surface area contributed by atoms with E-state index < -0.39 is 0 Å². The molecule has 2 aromatic rings. The number of furan rings is 1. The van der Waals surface area contributed by atoms with Crippen LogP contribution in [0, 0.1) is 0 Å². The molecular weight excluding hydrogens is 192 g/mol. The van der Waals surface area contributed by atoms with Gasteiger partial charge < -0.3 is 4.42 Å². The maximum Gasteiger partial charge on any atom is 0.146 e. The number of rotatable bonds is 4. The molecule has 0 aromatic carbocycles. The van der Waals surface area contributed by atoms with E-state index in [4.69, 9.17) is 10.3 Å². The summed E-state index contributed by atoms with van der Waals surface area (Å²) in [7, 11) is 0. The van der Waals surface area contributed by atoms with Crippen LogP contribution in [0.5, 0.6) is 0 Å². The van der Waals surface area contributed by atoms with Crippen LogP contribution in [-0.4, -0.2) is 9.97 Å². The number of hydrogen-bond acceptors (Lipinski definition) is 5. The SMILES string of the molecule is NNC(Cc1ccco1)c1ncccn1. The smallest absolute Gasteiger partial charge is 0.146 e. The van der Waals surface area contributed by atoms with Crippen molar-refractivity contribution < 1.29 is 4.42 Å². The van der Waals surface area contributed by atoms with Crippen LogP contribution in [0.1, 0.15) is 17.6 Å². The molecule has 0 amide bonds. The van der Waals surface area contributed by atoms with Crippen molar-refractivity contribution in [3.63, 3.8) is 0 Å². The highest BCUT2D eigenvalue weighted by Crippen LogP contribution is 2.13. The van der Waals surface area contributed by atoms with E-state index >= 15 is 0 Å². The average Bonchev–Trinajstić information content (AvgIpc) is 2.80. The fraction of sp³-hybridized carbons (Fsp3) is 0.200. The summed E-state index contributed by atoms with van der Waals surface area (Å²) in [5, 5.41) is 0. The van der Waals surface area contributed by atoms with Gasteiger partial charge in [0, 0.05) is 18.8 Å². The number of hydrazine groups is 1. The summed E-state index contributed by atoms with van der Waals surface area (Å²) in [5.74, 6) is 6.97. The molecule has 0 bridgehead atoms. The largest absolute Gasteiger partial charge is 0.469 e. The van der Waals surface area contributed by atoms with Gasteiger partial charge in [0.15, 0.2) is 0 Å². The predicted octanol–water partition coefficient (Wildman–Crippen LogP) is 0.817. The van der Waals surface area contributed by atoms with Crippen molar-refractivity contribution in [1.29, 1.82) is 0 Å². The van der Waals surface area contributed by atoms with Gasteiger partial charge in [-0.3, -0.25) is 5.84 Å². The molecule has 2 aromatic heterocycles. The number of hydrogen-bond donors (Lipinski definition) is 2. The highest BCUT2D eigenvalue weighted by molar-refractivity contribution is 5.05. The van der Waals surface area contributed by atoms with Crippen LogP contribution in [0.4, 0.5) is 0 Å². The molecule has 2 heterocycles. The van der Waals surface area contributed by atoms with Crippen molar-refractivity contribution in [2.45, 2.75) is 12.5 Å². The van der Waals surface area contributed by atoms with Crippen LogP contribution in [0.15, 0.2) is 41.3 Å². The Hall–Kier alpha value is -1.72. The first-order chi connectivity index (χ1) is 7.40. The molecule has 0 radical (unpaired) electrons. The lowest BCUT2D eigenvalue weighted by Crippen LogP contribution is -2.30. The van der Waals surface area contributed by atoms with E-state index in [2.05, 4.69) is 15.4 Å². The van der Waals surface area contributed by atoms with Crippen molar-refractivity contribution in [3.05, 3.63) is 48.4 Å². The van der Waals surface area contributed by atoms with Crippen LogP contribution >= 0.6 is 0 Å². The minimum atomic E-state index is -0.127. The number of aromatic nitrogens is 2. The second-order valence-electron chi connectivity index (χ2n) is 3.11. The highest BCUT2D eigenvalue weighted by atomic mass is 16.3. The highest BCUT2D eigenvalue weighted by Gasteiger charge is 2.14. The Morgan fingerprint density at radius 3 is 2.73 bits per heavy atom. The zero-order valence-electron chi connectivity index (χ0n) is 8.13. The average molecular weight is 204 g/mol. The van der Waals surface area contributed by atoms with Gasteiger partial charge in [0.2, 0.25) is 0 Å². The van der Waals surface area contributed by atoms with Crippen molar-refractivity contribution >= 4 is 0 Å². The van der Waals surface area contributed by atoms with Crippen LogP contribution in [-0.2, 0) is 6.42 Å². The maximum atomic E-state index is 5.45. The Kier molecular flexibility index (Phi) is 3.06. The molecule has 5 heteroatoms. The first-order valence-corrected chi connectivity index (χ1v) is 4.65. The fourth-order valence-corrected chi connectivity index (χ4v) is 1.35. The van der Waals surface area contributed by atoms with Gasteiger partial charge in [0.1, 0.15) is 11.6 Å². The summed E-state index contributed by atoms with van der Waals surface area (Å²) in [5.41, 5.74) is 2.67. The molecule has 0 saturated carbocycles. The lowest BCUT2D eigenvalue weighted by atomic mass is 10.1. The quantitative estimate of drug-likeness (QED) is 0.569. The number of nitrogens with one attached hydrogen (secondary N) is 1. The molecule has 0 spiro atoms. The molecule has 2 rings (SSSR count). The molecule has 0 aliphatic rings. The first kappa shape index (κ1) is 9.82. The fourth-order valence-electron chi connectivity index (χ4n) is 1.35. The second-order valence-corrected chi connectivity index (χ2v) is 3.11. The summed E-state index contributed by atoms with van der Waals surface area (Å²) < 4.78 is 5.24. The minimum absolute atomic E-state index is 0.127. The predicted molar refractivity (Wildman–Crippen MR) is 54.5 cm³/mol. The van der Waals surface area contributed by atoms with E-state index in [1.807, 2.05) is 12.1 Å². The van der Waals surface area contributed by atoms with Crippen LogP contribution in [0.25, 0.3) is 0 Å². The zero-order valence-corrected chi connectivity index (χ0v) is 8.13. The Balaban J connectivity index is 2.12. The maximum absolute atomic E-state index is 5.45. The monoisotopic (exact) mass is 204 g/mol. The van der Waals surface area contributed by atoms with Gasteiger partial charge in [-0.25, -0.2) is 15.4 Å². The van der Waals surface area contributed by atoms with Gasteiger partial charge in [0.25, 0.3) is 0 Å². The van der Waals surface area contributed by atoms with E-state index in [1.54, 1.807) is 24.7 Å². The molecule has 0 aliphatic heterocycles. The molecule has 3 N–H and O–H groups in total. The van der Waals surface area contributed by atoms with E-state index in [0.29, 0.717) is 12.2 Å². The molecule has 1 atom stereocenters. The Morgan fingerprint density at radius 1 is 1.33 bits per heavy atom. The van der Waals surface area contributed by atoms with E-state index in [0.717, 1.165) is 5.76 Å². The van der Waals surface area contributed by atoms with Crippen LogP contribution < -0.4 is 11.3 Å². The van der Waals surface area contributed by atoms with Gasteiger partial charge in [-0.2, -0.15) is 0 Å². The standard InChI is InChI=1S/C10H12N4O/c11-14-9(7-8-3-1-6-15-8)10-12-4-2-5-13-10/h1-6,9,14H,7,11H2. The molecule has 0 saturated heterocycles. The van der Waals surface area contributed by atoms with Crippen LogP contribution in [0.3, 0.4) is 0 Å². The Labute approximate surface area is 87.3 Å². The van der Waals surface area contributed by atoms with Gasteiger partial charge in [-0.1, -0.05) is 0 Å². The van der Waals surface area contributed by atoms with Gasteiger partial charge in [0.05, 0.1) is 12.3 Å². The van der Waals surface area contributed by atoms with Gasteiger partial charge in [-0.05, 0) is 18.2 Å². The molecule has 15 heavy (non-hydrogen) atoms. The van der Waals surface area contributed by atoms with E-state index in [1.165, 1.54) is 0 Å². The summed E-state index contributed by atoms with van der Waals surface area (Å²) in [4.78, 5) is 8.27. The minimum Gasteiger partial charge on any atom is -0.469 e. The molecule has 0 aliphatic carbocycles. The zero-order chi connectivity index (χ0) is 10.5. The van der Waals surface area contributed by atoms with Gasteiger partial charge in [-0.15, -0.1) is 0 Å². The van der Waals surface area contributed by atoms with E-state index in [9.17, 15) is 0 Å². The Morgan fingerprint density at radius 2 is 2.13 bits per heavy atom. The van der Waals surface area contributed by atoms with E-state index in [-0.39, 0.29) is 6.04 Å². The van der Waals surface area contributed by atoms with Crippen LogP contribution in [0.2, 0.25) is 0 Å². The van der Waals surface area contributed by atoms with Crippen molar-refractivity contribution in [3.8, 4) is 0 Å². The summed E-state index contributed by atoms with van der Waals surface area (Å²) >= 11 is 0. The number of nitrogens with zero attached hydrogens (tertiary/aromatic N) is 2. The van der Waals surface area contributed by atoms with Crippen molar-refractivity contribution in [1.82, 2.24) is 15.4 Å². The summed E-state index contributed by atoms with van der Waals surface area (Å²) in [6.45, 7) is 0. The molecule has 78 valence electrons. The van der Waals surface area contributed by atoms with Crippen molar-refractivity contribution in [2.24, 2.45) is 5.84 Å². The lowest BCUT2D eigenvalue weighted by molar-refractivity contribution is 0.443. The van der Waals surface area contributed by atoms with Gasteiger partial charge >= 0.3 is 0 Å². The third kappa shape index (κ3) is 2.39.